The molecule has 0 aliphatic heterocycles. The zero-order chi connectivity index (χ0) is 12.1. The number of hydrogen-bond donors (Lipinski definition) is 0. The molecule has 0 fully saturated rings. The van der Waals surface area contributed by atoms with Gasteiger partial charge in [-0.05, 0) is 25.2 Å². The molecular weight excluding hydrogens is 192 g/mol. The van der Waals surface area contributed by atoms with Gasteiger partial charge < -0.3 is 0 Å². The minimum absolute atomic E-state index is 0.838. The van der Waals surface area contributed by atoms with Crippen LogP contribution < -0.4 is 0 Å². The minimum Gasteiger partial charge on any atom is -0.103 e. The Morgan fingerprint density at radius 2 is 1.38 bits per heavy atom. The van der Waals surface area contributed by atoms with Gasteiger partial charge in [-0.1, -0.05) is 64.0 Å². The van der Waals surface area contributed by atoms with Gasteiger partial charge in [-0.25, -0.2) is 0 Å². The van der Waals surface area contributed by atoms with Crippen molar-refractivity contribution in [2.45, 2.75) is 71.1 Å². The Morgan fingerprint density at radius 1 is 0.812 bits per heavy atom. The summed E-state index contributed by atoms with van der Waals surface area (Å²) in [5, 5.41) is 0. The average molecular weight is 222 g/mol. The summed E-state index contributed by atoms with van der Waals surface area (Å²) in [6.45, 7) is 9.86. The van der Waals surface area contributed by atoms with E-state index < -0.39 is 0 Å². The molecular formula is C16H30. The quantitative estimate of drug-likeness (QED) is 0.285. The lowest BCUT2D eigenvalue weighted by Crippen LogP contribution is -1.92. The van der Waals surface area contributed by atoms with E-state index >= 15 is 0 Å². The van der Waals surface area contributed by atoms with Gasteiger partial charge in [-0.15, -0.1) is 13.2 Å². The summed E-state index contributed by atoms with van der Waals surface area (Å²) in [5.41, 5.74) is 0. The fourth-order valence-electron chi connectivity index (χ4n) is 2.07. The Bertz CT molecular complexity index is 157. The first-order valence-corrected chi connectivity index (χ1v) is 7.03. The molecule has 1 unspecified atom stereocenters. The van der Waals surface area contributed by atoms with E-state index in [1.165, 1.54) is 64.2 Å². The van der Waals surface area contributed by atoms with Gasteiger partial charge in [0.25, 0.3) is 0 Å². The summed E-state index contributed by atoms with van der Waals surface area (Å²) in [7, 11) is 0. The van der Waals surface area contributed by atoms with Crippen LogP contribution in [0.5, 0.6) is 0 Å². The third kappa shape index (κ3) is 11.6. The van der Waals surface area contributed by atoms with Crippen LogP contribution >= 0.6 is 0 Å². The zero-order valence-corrected chi connectivity index (χ0v) is 11.2. The lowest BCUT2D eigenvalue weighted by molar-refractivity contribution is 0.485. The Hall–Kier alpha value is -0.520. The largest absolute Gasteiger partial charge is 0.103 e. The molecule has 0 N–H and O–H groups in total. The van der Waals surface area contributed by atoms with Crippen LogP contribution in [0.3, 0.4) is 0 Å². The van der Waals surface area contributed by atoms with Crippen LogP contribution in [0.1, 0.15) is 71.1 Å². The maximum absolute atomic E-state index is 3.79. The third-order valence-electron chi connectivity index (χ3n) is 3.17. The molecule has 0 bridgehead atoms. The molecule has 0 nitrogen and oxygen atoms in total. The molecule has 16 heavy (non-hydrogen) atoms. The summed E-state index contributed by atoms with van der Waals surface area (Å²) in [4.78, 5) is 0. The molecule has 0 aromatic heterocycles. The van der Waals surface area contributed by atoms with Gasteiger partial charge in [-0.3, -0.25) is 0 Å². The molecule has 1 atom stereocenters. The van der Waals surface area contributed by atoms with Gasteiger partial charge in [0.1, 0.15) is 0 Å². The SMILES string of the molecule is C=CCCCCCCCCCC(C)CC=C. The Morgan fingerprint density at radius 3 is 1.94 bits per heavy atom. The molecule has 0 aliphatic rings. The van der Waals surface area contributed by atoms with Gasteiger partial charge in [0.15, 0.2) is 0 Å². The molecule has 0 rings (SSSR count). The van der Waals surface area contributed by atoms with Gasteiger partial charge in [0, 0.05) is 0 Å². The highest BCUT2D eigenvalue weighted by molar-refractivity contribution is 4.70. The van der Waals surface area contributed by atoms with Gasteiger partial charge in [-0.2, -0.15) is 0 Å². The van der Waals surface area contributed by atoms with Gasteiger partial charge >= 0.3 is 0 Å². The standard InChI is InChI=1S/C16H30/c1-4-6-7-8-9-10-11-12-13-15-16(3)14-5-2/h4-5,16H,1-2,6-15H2,3H3. The molecule has 0 saturated heterocycles. The van der Waals surface area contributed by atoms with Crippen molar-refractivity contribution < 1.29 is 0 Å². The first kappa shape index (κ1) is 15.5. The first-order chi connectivity index (χ1) is 7.81. The van der Waals surface area contributed by atoms with E-state index in [9.17, 15) is 0 Å². The molecule has 0 spiro atoms. The highest BCUT2D eigenvalue weighted by Gasteiger charge is 1.98. The van der Waals surface area contributed by atoms with E-state index in [0.717, 1.165) is 5.92 Å². The summed E-state index contributed by atoms with van der Waals surface area (Å²) in [6.07, 6.45) is 17.6. The Labute approximate surface area is 103 Å². The average Bonchev–Trinajstić information content (AvgIpc) is 2.27. The summed E-state index contributed by atoms with van der Waals surface area (Å²) >= 11 is 0. The molecule has 0 amide bonds. The molecule has 0 aromatic carbocycles. The van der Waals surface area contributed by atoms with Gasteiger partial charge in [0.2, 0.25) is 0 Å². The Kier molecular flexibility index (Phi) is 12.1. The molecule has 0 heterocycles. The van der Waals surface area contributed by atoms with Crippen LogP contribution in [0, 0.1) is 5.92 Å². The number of allylic oxidation sites excluding steroid dienone is 2. The van der Waals surface area contributed by atoms with Crippen LogP contribution in [0.4, 0.5) is 0 Å². The Balaban J connectivity index is 3.03. The van der Waals surface area contributed by atoms with Crippen LogP contribution in [0.25, 0.3) is 0 Å². The maximum Gasteiger partial charge on any atom is -0.0328 e. The fraction of sp³-hybridized carbons (Fsp3) is 0.750. The highest BCUT2D eigenvalue weighted by atomic mass is 14.0. The number of unbranched alkanes of at least 4 members (excludes halogenated alkanes) is 7. The number of hydrogen-bond acceptors (Lipinski definition) is 0. The van der Waals surface area contributed by atoms with Crippen LogP contribution in [-0.2, 0) is 0 Å². The van der Waals surface area contributed by atoms with Crippen molar-refractivity contribution in [2.75, 3.05) is 0 Å². The second kappa shape index (κ2) is 12.5. The van der Waals surface area contributed by atoms with Crippen LogP contribution in [-0.4, -0.2) is 0 Å². The van der Waals surface area contributed by atoms with Crippen LogP contribution in [0.2, 0.25) is 0 Å². The van der Waals surface area contributed by atoms with Crippen molar-refractivity contribution in [1.29, 1.82) is 0 Å². The van der Waals surface area contributed by atoms with Crippen molar-refractivity contribution in [3.63, 3.8) is 0 Å². The topological polar surface area (TPSA) is 0 Å². The molecule has 0 heteroatoms. The molecule has 94 valence electrons. The van der Waals surface area contributed by atoms with Crippen molar-refractivity contribution in [3.05, 3.63) is 25.3 Å². The second-order valence-corrected chi connectivity index (χ2v) is 4.97. The third-order valence-corrected chi connectivity index (χ3v) is 3.17. The van der Waals surface area contributed by atoms with E-state index in [1.807, 2.05) is 12.2 Å². The van der Waals surface area contributed by atoms with Crippen molar-refractivity contribution in [1.82, 2.24) is 0 Å². The van der Waals surface area contributed by atoms with Crippen molar-refractivity contribution >= 4 is 0 Å². The molecule has 0 aliphatic carbocycles. The second-order valence-electron chi connectivity index (χ2n) is 4.97. The zero-order valence-electron chi connectivity index (χ0n) is 11.2. The monoisotopic (exact) mass is 222 g/mol. The number of rotatable bonds is 12. The van der Waals surface area contributed by atoms with E-state index in [4.69, 9.17) is 0 Å². The molecule has 0 aromatic rings. The lowest BCUT2D eigenvalue weighted by Gasteiger charge is -2.07. The predicted molar refractivity (Wildman–Crippen MR) is 75.7 cm³/mol. The fourth-order valence-corrected chi connectivity index (χ4v) is 2.07. The maximum atomic E-state index is 3.79. The molecule has 0 radical (unpaired) electrons. The summed E-state index contributed by atoms with van der Waals surface area (Å²) < 4.78 is 0. The smallest absolute Gasteiger partial charge is 0.0328 e. The molecule has 0 saturated carbocycles. The first-order valence-electron chi connectivity index (χ1n) is 7.03. The van der Waals surface area contributed by atoms with Crippen LogP contribution in [0.15, 0.2) is 25.3 Å². The van der Waals surface area contributed by atoms with E-state index in [-0.39, 0.29) is 0 Å². The summed E-state index contributed by atoms with van der Waals surface area (Å²) in [6, 6.07) is 0. The van der Waals surface area contributed by atoms with E-state index in [1.54, 1.807) is 0 Å². The predicted octanol–water partition coefficient (Wildman–Crippen LogP) is 5.90. The van der Waals surface area contributed by atoms with E-state index in [2.05, 4.69) is 20.1 Å². The van der Waals surface area contributed by atoms with Gasteiger partial charge in [0.05, 0.1) is 0 Å². The highest BCUT2D eigenvalue weighted by Crippen LogP contribution is 2.15. The normalized spacial score (nSPS) is 12.3. The van der Waals surface area contributed by atoms with Crippen molar-refractivity contribution in [3.8, 4) is 0 Å². The lowest BCUT2D eigenvalue weighted by atomic mass is 9.99. The van der Waals surface area contributed by atoms with Crippen molar-refractivity contribution in [2.24, 2.45) is 5.92 Å². The van der Waals surface area contributed by atoms with E-state index in [0.29, 0.717) is 0 Å². The summed E-state index contributed by atoms with van der Waals surface area (Å²) in [5.74, 6) is 0.838. The minimum atomic E-state index is 0.838.